The molecule has 0 aliphatic rings. The Morgan fingerprint density at radius 2 is 1.20 bits per heavy atom. The standard InChI is InChI=1S/C41H25N3S/c1-24-18-20-26(21-19-24)38-30-14-6-8-16-32(30)42-41(43-38)44-33-23-22-25-10-2-3-11-27(25)36(33)37-29-13-5-4-12-28(29)35-31-15-7-9-17-34(31)45-40(35)39(37)44/h2-23H,1H3. The van der Waals surface area contributed by atoms with Crippen LogP contribution in [0, 0.1) is 6.92 Å². The summed E-state index contributed by atoms with van der Waals surface area (Å²) in [6, 6.07) is 47.9. The summed E-state index contributed by atoms with van der Waals surface area (Å²) in [4.78, 5) is 10.7. The summed E-state index contributed by atoms with van der Waals surface area (Å²) < 4.78 is 4.89. The van der Waals surface area contributed by atoms with Crippen molar-refractivity contribution in [2.24, 2.45) is 0 Å². The highest BCUT2D eigenvalue weighted by atomic mass is 32.1. The monoisotopic (exact) mass is 591 g/mol. The zero-order valence-electron chi connectivity index (χ0n) is 24.5. The first kappa shape index (κ1) is 24.8. The van der Waals surface area contributed by atoms with E-state index in [1.807, 2.05) is 11.3 Å². The maximum absolute atomic E-state index is 5.42. The molecule has 3 aromatic heterocycles. The lowest BCUT2D eigenvalue weighted by Gasteiger charge is -2.13. The van der Waals surface area contributed by atoms with Crippen LogP contribution in [0.5, 0.6) is 0 Å². The van der Waals surface area contributed by atoms with Crippen molar-refractivity contribution >= 4 is 85.8 Å². The van der Waals surface area contributed by atoms with Crippen LogP contribution in [-0.2, 0) is 0 Å². The second-order valence-corrected chi connectivity index (χ2v) is 12.9. The molecule has 3 heterocycles. The fourth-order valence-electron chi connectivity index (χ4n) is 7.24. The van der Waals surface area contributed by atoms with Crippen molar-refractivity contribution in [1.82, 2.24) is 14.5 Å². The largest absolute Gasteiger partial charge is 0.276 e. The molecule has 0 N–H and O–H groups in total. The second kappa shape index (κ2) is 9.21. The SMILES string of the molecule is Cc1ccc(-c2nc(-n3c4ccc5ccccc5c4c4c5ccccc5c5c6ccccc6sc5c43)nc3ccccc23)cc1. The molecular weight excluding hydrogens is 567 g/mol. The molecule has 0 fully saturated rings. The molecule has 0 spiro atoms. The number of fused-ring (bicyclic) bond motifs is 13. The molecule has 0 radical (unpaired) electrons. The van der Waals surface area contributed by atoms with Crippen molar-refractivity contribution in [3.05, 3.63) is 139 Å². The Morgan fingerprint density at radius 3 is 2.02 bits per heavy atom. The average Bonchev–Trinajstić information content (AvgIpc) is 3.65. The van der Waals surface area contributed by atoms with Gasteiger partial charge in [-0.2, -0.15) is 0 Å². The molecular formula is C41H25N3S. The van der Waals surface area contributed by atoms with Gasteiger partial charge < -0.3 is 0 Å². The minimum absolute atomic E-state index is 0.689. The quantitative estimate of drug-likeness (QED) is 0.200. The Labute approximate surface area is 262 Å². The first-order valence-corrected chi connectivity index (χ1v) is 16.1. The van der Waals surface area contributed by atoms with Crippen molar-refractivity contribution in [3.63, 3.8) is 0 Å². The summed E-state index contributed by atoms with van der Waals surface area (Å²) in [6.07, 6.45) is 0. The van der Waals surface area contributed by atoms with E-state index in [-0.39, 0.29) is 0 Å². The number of aromatic nitrogens is 3. The zero-order chi connectivity index (χ0) is 29.6. The molecule has 45 heavy (non-hydrogen) atoms. The van der Waals surface area contributed by atoms with E-state index in [0.29, 0.717) is 5.95 Å². The van der Waals surface area contributed by atoms with E-state index in [1.165, 1.54) is 63.6 Å². The highest BCUT2D eigenvalue weighted by molar-refractivity contribution is 7.27. The van der Waals surface area contributed by atoms with E-state index >= 15 is 0 Å². The smallest absolute Gasteiger partial charge is 0.235 e. The van der Waals surface area contributed by atoms with Gasteiger partial charge in [-0.25, -0.2) is 9.97 Å². The highest BCUT2D eigenvalue weighted by Gasteiger charge is 2.24. The minimum Gasteiger partial charge on any atom is -0.276 e. The molecule has 10 rings (SSSR count). The second-order valence-electron chi connectivity index (χ2n) is 11.8. The molecule has 10 aromatic rings. The van der Waals surface area contributed by atoms with Gasteiger partial charge in [-0.15, -0.1) is 11.3 Å². The fourth-order valence-corrected chi connectivity index (χ4v) is 8.50. The van der Waals surface area contributed by atoms with Gasteiger partial charge in [-0.05, 0) is 46.7 Å². The molecule has 3 nitrogen and oxygen atoms in total. The molecule has 0 saturated carbocycles. The lowest BCUT2D eigenvalue weighted by atomic mass is 9.97. The van der Waals surface area contributed by atoms with Gasteiger partial charge in [0, 0.05) is 37.2 Å². The number of hydrogen-bond donors (Lipinski definition) is 0. The van der Waals surface area contributed by atoms with Crippen LogP contribution in [0.2, 0.25) is 0 Å². The molecule has 0 saturated heterocycles. The Balaban J connectivity index is 1.48. The third-order valence-corrected chi connectivity index (χ3v) is 10.4. The van der Waals surface area contributed by atoms with E-state index in [4.69, 9.17) is 9.97 Å². The van der Waals surface area contributed by atoms with Gasteiger partial charge >= 0.3 is 0 Å². The van der Waals surface area contributed by atoms with Crippen LogP contribution >= 0.6 is 11.3 Å². The molecule has 7 aromatic carbocycles. The summed E-state index contributed by atoms with van der Waals surface area (Å²) in [5.41, 5.74) is 6.47. The Hall–Kier alpha value is -5.58. The van der Waals surface area contributed by atoms with Crippen molar-refractivity contribution in [2.75, 3.05) is 0 Å². The number of benzene rings is 7. The van der Waals surface area contributed by atoms with Crippen LogP contribution in [0.4, 0.5) is 0 Å². The molecule has 0 amide bonds. The third-order valence-electron chi connectivity index (χ3n) is 9.25. The van der Waals surface area contributed by atoms with Gasteiger partial charge in [-0.3, -0.25) is 4.57 Å². The Bertz CT molecular complexity index is 2820. The van der Waals surface area contributed by atoms with E-state index in [9.17, 15) is 0 Å². The predicted octanol–water partition coefficient (Wildman–Crippen LogP) is 11.4. The first-order valence-electron chi connectivity index (χ1n) is 15.3. The van der Waals surface area contributed by atoms with E-state index < -0.39 is 0 Å². The summed E-state index contributed by atoms with van der Waals surface area (Å²) in [5, 5.41) is 11.1. The van der Waals surface area contributed by atoms with Crippen LogP contribution < -0.4 is 0 Å². The predicted molar refractivity (Wildman–Crippen MR) is 192 cm³/mol. The summed E-state index contributed by atoms with van der Waals surface area (Å²) >= 11 is 1.86. The molecule has 0 atom stereocenters. The van der Waals surface area contributed by atoms with Crippen molar-refractivity contribution < 1.29 is 0 Å². The van der Waals surface area contributed by atoms with Crippen LogP contribution in [-0.4, -0.2) is 14.5 Å². The Kier molecular flexibility index (Phi) is 5.08. The molecule has 4 heteroatoms. The molecule has 0 aliphatic carbocycles. The maximum Gasteiger partial charge on any atom is 0.235 e. The van der Waals surface area contributed by atoms with Crippen molar-refractivity contribution in [1.29, 1.82) is 0 Å². The topological polar surface area (TPSA) is 30.7 Å². The molecule has 0 aliphatic heterocycles. The lowest BCUT2D eigenvalue weighted by Crippen LogP contribution is -2.03. The van der Waals surface area contributed by atoms with Gasteiger partial charge in [0.15, 0.2) is 0 Å². The fraction of sp³-hybridized carbons (Fsp3) is 0.0244. The van der Waals surface area contributed by atoms with Gasteiger partial charge in [0.05, 0.1) is 26.9 Å². The number of aryl methyl sites for hydroxylation is 1. The number of nitrogens with zero attached hydrogens (tertiary/aromatic N) is 3. The minimum atomic E-state index is 0.689. The summed E-state index contributed by atoms with van der Waals surface area (Å²) in [7, 11) is 0. The maximum atomic E-state index is 5.42. The summed E-state index contributed by atoms with van der Waals surface area (Å²) in [6.45, 7) is 2.12. The van der Waals surface area contributed by atoms with Gasteiger partial charge in [0.2, 0.25) is 5.95 Å². The van der Waals surface area contributed by atoms with Crippen LogP contribution in [0.25, 0.3) is 91.6 Å². The number of thiophene rings is 1. The van der Waals surface area contributed by atoms with Gasteiger partial charge in [0.1, 0.15) is 0 Å². The van der Waals surface area contributed by atoms with Crippen LogP contribution in [0.15, 0.2) is 133 Å². The van der Waals surface area contributed by atoms with Crippen LogP contribution in [0.3, 0.4) is 0 Å². The molecule has 0 unspecified atom stereocenters. The highest BCUT2D eigenvalue weighted by Crippen LogP contribution is 2.49. The zero-order valence-corrected chi connectivity index (χ0v) is 25.3. The average molecular weight is 592 g/mol. The summed E-state index contributed by atoms with van der Waals surface area (Å²) in [5.74, 6) is 0.689. The van der Waals surface area contributed by atoms with Crippen LogP contribution in [0.1, 0.15) is 5.56 Å². The van der Waals surface area contributed by atoms with E-state index in [2.05, 4.69) is 145 Å². The van der Waals surface area contributed by atoms with E-state index in [1.54, 1.807) is 0 Å². The normalized spacial score (nSPS) is 12.1. The third kappa shape index (κ3) is 3.46. The number of para-hydroxylation sites is 1. The molecule has 210 valence electrons. The Morgan fingerprint density at radius 1 is 0.533 bits per heavy atom. The van der Waals surface area contributed by atoms with Crippen molar-refractivity contribution in [2.45, 2.75) is 6.92 Å². The van der Waals surface area contributed by atoms with E-state index in [0.717, 1.165) is 27.7 Å². The lowest BCUT2D eigenvalue weighted by molar-refractivity contribution is 1.02. The number of rotatable bonds is 2. The van der Waals surface area contributed by atoms with Gasteiger partial charge in [-0.1, -0.05) is 121 Å². The van der Waals surface area contributed by atoms with Crippen molar-refractivity contribution in [3.8, 4) is 17.2 Å². The molecule has 0 bridgehead atoms. The first-order chi connectivity index (χ1) is 22.2. The number of hydrogen-bond acceptors (Lipinski definition) is 3. The van der Waals surface area contributed by atoms with Gasteiger partial charge in [0.25, 0.3) is 0 Å².